The van der Waals surface area contributed by atoms with Crippen LogP contribution in [-0.2, 0) is 5.41 Å². The summed E-state index contributed by atoms with van der Waals surface area (Å²) in [6.07, 6.45) is 1.85. The van der Waals surface area contributed by atoms with Crippen LogP contribution in [0.25, 0.3) is 61.0 Å². The van der Waals surface area contributed by atoms with Crippen molar-refractivity contribution in [1.82, 2.24) is 9.55 Å². The molecule has 0 atom stereocenters. The van der Waals surface area contributed by atoms with Gasteiger partial charge in [-0.1, -0.05) is 117 Å². The summed E-state index contributed by atoms with van der Waals surface area (Å²) in [6.45, 7) is 4.69. The topological polar surface area (TPSA) is 21.1 Å². The highest BCUT2D eigenvalue weighted by molar-refractivity contribution is 6.10. The predicted octanol–water partition coefficient (Wildman–Crippen LogP) is 13.3. The molecule has 0 fully saturated rings. The maximum Gasteiger partial charge on any atom is 0.0701 e. The smallest absolute Gasteiger partial charge is 0.0701 e. The van der Waals surface area contributed by atoms with Crippen LogP contribution in [0.2, 0.25) is 0 Å². The highest BCUT2D eigenvalue weighted by atomic mass is 15.1. The van der Waals surface area contributed by atoms with Crippen LogP contribution < -0.4 is 4.90 Å². The first kappa shape index (κ1) is 31.1. The number of hydrogen-bond acceptors (Lipinski definition) is 2. The second-order valence-corrected chi connectivity index (χ2v) is 14.5. The van der Waals surface area contributed by atoms with E-state index in [1.54, 1.807) is 0 Å². The average Bonchev–Trinajstić information content (AvgIpc) is 3.67. The van der Waals surface area contributed by atoms with Gasteiger partial charge in [0.15, 0.2) is 0 Å². The van der Waals surface area contributed by atoms with Gasteiger partial charge in [0.2, 0.25) is 0 Å². The van der Waals surface area contributed by atoms with Crippen LogP contribution in [0.3, 0.4) is 0 Å². The van der Waals surface area contributed by atoms with Crippen LogP contribution in [-0.4, -0.2) is 9.55 Å². The third-order valence-corrected chi connectivity index (χ3v) is 11.1. The molecule has 0 unspecified atom stereocenters. The first-order chi connectivity index (χ1) is 26.0. The maximum atomic E-state index is 4.59. The summed E-state index contributed by atoms with van der Waals surface area (Å²) in [7, 11) is 0. The van der Waals surface area contributed by atoms with Gasteiger partial charge in [0.05, 0.1) is 16.7 Å². The van der Waals surface area contributed by atoms with Crippen molar-refractivity contribution in [3.8, 4) is 39.2 Å². The number of anilines is 3. The molecule has 2 aromatic heterocycles. The number of para-hydroxylation sites is 2. The summed E-state index contributed by atoms with van der Waals surface area (Å²) in [5.41, 5.74) is 16.7. The number of rotatable bonds is 6. The molecule has 0 bridgehead atoms. The van der Waals surface area contributed by atoms with Gasteiger partial charge in [-0.3, -0.25) is 4.98 Å². The summed E-state index contributed by atoms with van der Waals surface area (Å²) in [6, 6.07) is 65.9. The lowest BCUT2D eigenvalue weighted by Gasteiger charge is -2.28. The van der Waals surface area contributed by atoms with Gasteiger partial charge < -0.3 is 9.47 Å². The number of fused-ring (bicyclic) bond motifs is 6. The van der Waals surface area contributed by atoms with Gasteiger partial charge in [-0.15, -0.1) is 0 Å². The Bertz CT molecular complexity index is 2780. The van der Waals surface area contributed by atoms with Gasteiger partial charge in [0.1, 0.15) is 0 Å². The molecule has 0 amide bonds. The molecule has 1 aliphatic carbocycles. The minimum atomic E-state index is -0.0947. The molecule has 0 spiro atoms. The number of pyridine rings is 1. The minimum Gasteiger partial charge on any atom is -0.310 e. The van der Waals surface area contributed by atoms with Crippen LogP contribution in [0.1, 0.15) is 25.0 Å². The Kier molecular flexibility index (Phi) is 7.16. The highest BCUT2D eigenvalue weighted by Gasteiger charge is 2.35. The lowest BCUT2D eigenvalue weighted by atomic mass is 9.82. The first-order valence-corrected chi connectivity index (χ1v) is 18.3. The Morgan fingerprint density at radius 3 is 1.85 bits per heavy atom. The van der Waals surface area contributed by atoms with Gasteiger partial charge in [-0.25, -0.2) is 0 Å². The Balaban J connectivity index is 1.07. The molecule has 3 nitrogen and oxygen atoms in total. The van der Waals surface area contributed by atoms with Crippen molar-refractivity contribution in [2.45, 2.75) is 19.3 Å². The average molecular weight is 680 g/mol. The van der Waals surface area contributed by atoms with Crippen LogP contribution in [0.15, 0.2) is 188 Å². The summed E-state index contributed by atoms with van der Waals surface area (Å²) < 4.78 is 2.37. The van der Waals surface area contributed by atoms with E-state index in [1.165, 1.54) is 60.9 Å². The van der Waals surface area contributed by atoms with Crippen molar-refractivity contribution in [2.75, 3.05) is 4.90 Å². The van der Waals surface area contributed by atoms with E-state index in [1.807, 2.05) is 18.3 Å². The quantitative estimate of drug-likeness (QED) is 0.174. The van der Waals surface area contributed by atoms with E-state index < -0.39 is 0 Å². The number of nitrogens with zero attached hydrogens (tertiary/aromatic N) is 3. The van der Waals surface area contributed by atoms with Crippen molar-refractivity contribution in [3.05, 3.63) is 199 Å². The molecular weight excluding hydrogens is 643 g/mol. The van der Waals surface area contributed by atoms with E-state index in [9.17, 15) is 0 Å². The molecule has 10 rings (SSSR count). The fourth-order valence-corrected chi connectivity index (χ4v) is 8.40. The monoisotopic (exact) mass is 679 g/mol. The van der Waals surface area contributed by atoms with Crippen molar-refractivity contribution in [1.29, 1.82) is 0 Å². The van der Waals surface area contributed by atoms with Crippen LogP contribution in [0.5, 0.6) is 0 Å². The molecular formula is C50H37N3. The van der Waals surface area contributed by atoms with Gasteiger partial charge in [-0.05, 0) is 112 Å². The van der Waals surface area contributed by atoms with Gasteiger partial charge in [-0.2, -0.15) is 0 Å². The zero-order valence-electron chi connectivity index (χ0n) is 29.7. The third-order valence-electron chi connectivity index (χ3n) is 11.1. The van der Waals surface area contributed by atoms with Crippen molar-refractivity contribution in [3.63, 3.8) is 0 Å². The van der Waals surface area contributed by atoms with Crippen molar-refractivity contribution >= 4 is 38.9 Å². The molecule has 3 heteroatoms. The number of benzene rings is 7. The molecule has 252 valence electrons. The standard InChI is InChI=1S/C50H37N3/c1-50(2)45-16-8-6-14-41(45)42-29-28-40(33-46(42)50)52(39-26-21-35(22-27-39)47-17-10-11-31-51-47)38-24-19-34(20-25-38)36-23-30-49-44(32-36)43-15-7-9-18-48(43)53(49)37-12-4-3-5-13-37/h3-33H,1-2H3. The second kappa shape index (κ2) is 12.2. The summed E-state index contributed by atoms with van der Waals surface area (Å²) in [5, 5.41) is 2.51. The summed E-state index contributed by atoms with van der Waals surface area (Å²) >= 11 is 0. The molecule has 1 aliphatic rings. The fraction of sp³-hybridized carbons (Fsp3) is 0.0600. The lowest BCUT2D eigenvalue weighted by Crippen LogP contribution is -2.16. The van der Waals surface area contributed by atoms with E-state index in [2.05, 4.69) is 198 Å². The lowest BCUT2D eigenvalue weighted by molar-refractivity contribution is 0.660. The van der Waals surface area contributed by atoms with E-state index >= 15 is 0 Å². The van der Waals surface area contributed by atoms with E-state index in [0.717, 1.165) is 28.3 Å². The zero-order valence-corrected chi connectivity index (χ0v) is 29.7. The third kappa shape index (κ3) is 5.08. The Morgan fingerprint density at radius 2 is 1.08 bits per heavy atom. The molecule has 0 N–H and O–H groups in total. The molecule has 0 saturated heterocycles. The summed E-state index contributed by atoms with van der Waals surface area (Å²) in [5.74, 6) is 0. The van der Waals surface area contributed by atoms with E-state index in [4.69, 9.17) is 0 Å². The van der Waals surface area contributed by atoms with Gasteiger partial charge >= 0.3 is 0 Å². The SMILES string of the molecule is CC1(C)c2ccccc2-c2ccc(N(c3ccc(-c4ccc5c(c4)c4ccccc4n5-c4ccccc4)cc3)c3ccc(-c4ccccn4)cc3)cc21. The minimum absolute atomic E-state index is 0.0947. The van der Waals surface area contributed by atoms with Gasteiger partial charge in [0.25, 0.3) is 0 Å². The molecule has 9 aromatic rings. The Morgan fingerprint density at radius 1 is 0.453 bits per heavy atom. The molecule has 53 heavy (non-hydrogen) atoms. The Hall–Kier alpha value is -6.71. The zero-order chi connectivity index (χ0) is 35.5. The van der Waals surface area contributed by atoms with E-state index in [-0.39, 0.29) is 5.41 Å². The Labute approximate surface area is 310 Å². The van der Waals surface area contributed by atoms with Crippen LogP contribution in [0.4, 0.5) is 17.1 Å². The molecule has 0 aliphatic heterocycles. The second-order valence-electron chi connectivity index (χ2n) is 14.5. The fourth-order valence-electron chi connectivity index (χ4n) is 8.40. The van der Waals surface area contributed by atoms with E-state index in [0.29, 0.717) is 0 Å². The first-order valence-electron chi connectivity index (χ1n) is 18.3. The van der Waals surface area contributed by atoms with Crippen molar-refractivity contribution < 1.29 is 0 Å². The van der Waals surface area contributed by atoms with Gasteiger partial charge in [0, 0.05) is 50.7 Å². The predicted molar refractivity (Wildman–Crippen MR) is 222 cm³/mol. The van der Waals surface area contributed by atoms with Crippen molar-refractivity contribution in [2.24, 2.45) is 0 Å². The molecule has 0 saturated carbocycles. The highest BCUT2D eigenvalue weighted by Crippen LogP contribution is 2.50. The number of aromatic nitrogens is 2. The van der Waals surface area contributed by atoms with Crippen LogP contribution in [0, 0.1) is 0 Å². The molecule has 7 aromatic carbocycles. The largest absolute Gasteiger partial charge is 0.310 e. The molecule has 2 heterocycles. The molecule has 0 radical (unpaired) electrons. The number of hydrogen-bond donors (Lipinski definition) is 0. The summed E-state index contributed by atoms with van der Waals surface area (Å²) in [4.78, 5) is 6.97. The normalized spacial score (nSPS) is 12.9. The maximum absolute atomic E-state index is 4.59. The van der Waals surface area contributed by atoms with Crippen LogP contribution >= 0.6 is 0 Å².